The Morgan fingerprint density at radius 1 is 1.64 bits per heavy atom. The maximum atomic E-state index is 11.1. The molecule has 1 rings (SSSR count). The lowest BCUT2D eigenvalue weighted by atomic mass is 10.3. The Morgan fingerprint density at radius 3 is 3.29 bits per heavy atom. The normalized spacial score (nSPS) is 24.8. The van der Waals surface area contributed by atoms with E-state index in [2.05, 4.69) is 0 Å². The molecule has 0 bridgehead atoms. The monoisotopic (exact) mass is 218 g/mol. The summed E-state index contributed by atoms with van der Waals surface area (Å²) in [6.45, 7) is 3.00. The standard InChI is InChI=1S/C9H14O4S/c1-2-14-9(10)13-8-4-3-5-11-7-12-6-8/h3-4,8H,2,5-7H2,1H3/b4-3+. The molecule has 1 unspecified atom stereocenters. The van der Waals surface area contributed by atoms with Gasteiger partial charge >= 0.3 is 5.30 Å². The third-order valence-electron chi connectivity index (χ3n) is 1.52. The first-order valence-corrected chi connectivity index (χ1v) is 5.47. The molecule has 0 aromatic carbocycles. The second-order valence-electron chi connectivity index (χ2n) is 2.63. The summed E-state index contributed by atoms with van der Waals surface area (Å²) in [4.78, 5) is 11.1. The van der Waals surface area contributed by atoms with Crippen molar-refractivity contribution >= 4 is 17.1 Å². The number of rotatable bonds is 2. The molecule has 0 fully saturated rings. The highest BCUT2D eigenvalue weighted by Gasteiger charge is 2.12. The number of ether oxygens (including phenoxy) is 3. The van der Waals surface area contributed by atoms with Crippen LogP contribution in [0, 0.1) is 0 Å². The van der Waals surface area contributed by atoms with Crippen LogP contribution in [0.2, 0.25) is 0 Å². The first-order valence-electron chi connectivity index (χ1n) is 4.48. The molecule has 80 valence electrons. The van der Waals surface area contributed by atoms with Gasteiger partial charge in [0.1, 0.15) is 12.9 Å². The lowest BCUT2D eigenvalue weighted by Gasteiger charge is -2.16. The van der Waals surface area contributed by atoms with Gasteiger partial charge < -0.3 is 14.2 Å². The summed E-state index contributed by atoms with van der Waals surface area (Å²) in [6.07, 6.45) is 3.33. The predicted molar refractivity (Wildman–Crippen MR) is 54.3 cm³/mol. The van der Waals surface area contributed by atoms with E-state index < -0.39 is 0 Å². The maximum absolute atomic E-state index is 11.1. The van der Waals surface area contributed by atoms with Crippen molar-refractivity contribution in [3.05, 3.63) is 12.2 Å². The van der Waals surface area contributed by atoms with Gasteiger partial charge in [-0.3, -0.25) is 0 Å². The van der Waals surface area contributed by atoms with E-state index in [9.17, 15) is 4.79 Å². The highest BCUT2D eigenvalue weighted by atomic mass is 32.2. The summed E-state index contributed by atoms with van der Waals surface area (Å²) in [7, 11) is 0. The Kier molecular flexibility index (Phi) is 5.66. The van der Waals surface area contributed by atoms with Crippen LogP contribution >= 0.6 is 11.8 Å². The van der Waals surface area contributed by atoms with Crippen molar-refractivity contribution in [2.45, 2.75) is 13.0 Å². The maximum Gasteiger partial charge on any atom is 0.367 e. The Bertz CT molecular complexity index is 205. The van der Waals surface area contributed by atoms with Crippen molar-refractivity contribution in [3.8, 4) is 0 Å². The van der Waals surface area contributed by atoms with E-state index in [1.807, 2.05) is 13.0 Å². The molecular formula is C9H14O4S. The van der Waals surface area contributed by atoms with Crippen LogP contribution < -0.4 is 0 Å². The number of hydrogen-bond acceptors (Lipinski definition) is 5. The van der Waals surface area contributed by atoms with Crippen LogP contribution in [-0.2, 0) is 14.2 Å². The lowest BCUT2D eigenvalue weighted by Crippen LogP contribution is -2.22. The Balaban J connectivity index is 2.33. The van der Waals surface area contributed by atoms with E-state index in [1.54, 1.807) is 6.08 Å². The number of hydrogen-bond donors (Lipinski definition) is 0. The van der Waals surface area contributed by atoms with Gasteiger partial charge in [-0.05, 0) is 17.8 Å². The van der Waals surface area contributed by atoms with Gasteiger partial charge in [-0.25, -0.2) is 4.79 Å². The molecule has 4 nitrogen and oxygen atoms in total. The molecule has 1 atom stereocenters. The van der Waals surface area contributed by atoms with E-state index in [0.29, 0.717) is 13.2 Å². The second-order valence-corrected chi connectivity index (χ2v) is 3.83. The average molecular weight is 218 g/mol. The predicted octanol–water partition coefficient (Wildman–Crippen LogP) is 1.81. The molecule has 0 spiro atoms. The van der Waals surface area contributed by atoms with Crippen LogP contribution in [0.25, 0.3) is 0 Å². The van der Waals surface area contributed by atoms with E-state index in [0.717, 1.165) is 17.5 Å². The van der Waals surface area contributed by atoms with Crippen molar-refractivity contribution in [1.29, 1.82) is 0 Å². The highest BCUT2D eigenvalue weighted by Crippen LogP contribution is 2.09. The second kappa shape index (κ2) is 6.86. The molecule has 5 heteroatoms. The fourth-order valence-electron chi connectivity index (χ4n) is 0.951. The van der Waals surface area contributed by atoms with Crippen LogP contribution in [0.5, 0.6) is 0 Å². The van der Waals surface area contributed by atoms with Gasteiger partial charge in [-0.1, -0.05) is 13.0 Å². The van der Waals surface area contributed by atoms with Crippen molar-refractivity contribution in [2.75, 3.05) is 25.8 Å². The van der Waals surface area contributed by atoms with Gasteiger partial charge in [0.2, 0.25) is 0 Å². The number of thioether (sulfide) groups is 1. The lowest BCUT2D eigenvalue weighted by molar-refractivity contribution is -0.0684. The van der Waals surface area contributed by atoms with Crippen LogP contribution in [0.3, 0.4) is 0 Å². The van der Waals surface area contributed by atoms with E-state index in [1.165, 1.54) is 0 Å². The minimum Gasteiger partial charge on any atom is -0.448 e. The molecule has 0 N–H and O–H groups in total. The van der Waals surface area contributed by atoms with Gasteiger partial charge in [-0.2, -0.15) is 0 Å². The summed E-state index contributed by atoms with van der Waals surface area (Å²) in [5.74, 6) is 0.721. The Labute approximate surface area is 87.6 Å². The largest absolute Gasteiger partial charge is 0.448 e. The molecule has 14 heavy (non-hydrogen) atoms. The summed E-state index contributed by atoms with van der Waals surface area (Å²) >= 11 is 1.16. The van der Waals surface area contributed by atoms with Gasteiger partial charge in [0, 0.05) is 5.75 Å². The molecule has 0 aliphatic carbocycles. The van der Waals surface area contributed by atoms with E-state index in [-0.39, 0.29) is 18.2 Å². The first kappa shape index (κ1) is 11.6. The molecular weight excluding hydrogens is 204 g/mol. The third-order valence-corrected chi connectivity index (χ3v) is 2.14. The van der Waals surface area contributed by atoms with Crippen molar-refractivity contribution in [1.82, 2.24) is 0 Å². The van der Waals surface area contributed by atoms with Gasteiger partial charge in [0.05, 0.1) is 13.2 Å². The molecule has 0 amide bonds. The minimum atomic E-state index is -0.287. The van der Waals surface area contributed by atoms with Crippen LogP contribution in [0.1, 0.15) is 6.92 Å². The quantitative estimate of drug-likeness (QED) is 0.522. The van der Waals surface area contributed by atoms with Crippen LogP contribution in [0.4, 0.5) is 4.79 Å². The number of carbonyl (C=O) groups excluding carboxylic acids is 1. The van der Waals surface area contributed by atoms with E-state index in [4.69, 9.17) is 14.2 Å². The Morgan fingerprint density at radius 2 is 2.50 bits per heavy atom. The van der Waals surface area contributed by atoms with E-state index >= 15 is 0 Å². The van der Waals surface area contributed by atoms with Gasteiger partial charge in [0.15, 0.2) is 0 Å². The summed E-state index contributed by atoms with van der Waals surface area (Å²) in [6, 6.07) is 0. The zero-order valence-corrected chi connectivity index (χ0v) is 8.92. The topological polar surface area (TPSA) is 44.8 Å². The van der Waals surface area contributed by atoms with Crippen LogP contribution in [-0.4, -0.2) is 37.2 Å². The molecule has 0 radical (unpaired) electrons. The SMILES string of the molecule is CCSC(=O)OC1/C=C/COCOC1. The third kappa shape index (κ3) is 4.64. The summed E-state index contributed by atoms with van der Waals surface area (Å²) in [5.41, 5.74) is 0. The van der Waals surface area contributed by atoms with Crippen LogP contribution in [0.15, 0.2) is 12.2 Å². The fourth-order valence-corrected chi connectivity index (χ4v) is 1.38. The molecule has 0 saturated carbocycles. The molecule has 0 aromatic rings. The highest BCUT2D eigenvalue weighted by molar-refractivity contribution is 8.13. The minimum absolute atomic E-state index is 0.249. The zero-order valence-electron chi connectivity index (χ0n) is 8.10. The van der Waals surface area contributed by atoms with Gasteiger partial charge in [-0.15, -0.1) is 0 Å². The average Bonchev–Trinajstić information content (AvgIpc) is 2.10. The first-order chi connectivity index (χ1) is 6.83. The van der Waals surface area contributed by atoms with Gasteiger partial charge in [0.25, 0.3) is 0 Å². The smallest absolute Gasteiger partial charge is 0.367 e. The Hall–Kier alpha value is -0.520. The number of carbonyl (C=O) groups is 1. The van der Waals surface area contributed by atoms with Crippen molar-refractivity contribution in [2.24, 2.45) is 0 Å². The summed E-state index contributed by atoms with van der Waals surface area (Å²) < 4.78 is 15.3. The molecule has 0 saturated heterocycles. The molecule has 0 aromatic heterocycles. The molecule has 1 heterocycles. The molecule has 1 aliphatic rings. The fraction of sp³-hybridized carbons (Fsp3) is 0.667. The molecule has 1 aliphatic heterocycles. The summed E-state index contributed by atoms with van der Waals surface area (Å²) in [5, 5.41) is -0.257. The van der Waals surface area contributed by atoms with Crippen molar-refractivity contribution in [3.63, 3.8) is 0 Å². The van der Waals surface area contributed by atoms with Crippen molar-refractivity contribution < 1.29 is 19.0 Å². The zero-order chi connectivity index (χ0) is 10.2.